The topological polar surface area (TPSA) is 155 Å². The maximum Gasteiger partial charge on any atom is 0.416 e. The Bertz CT molecular complexity index is 2200. The van der Waals surface area contributed by atoms with Crippen LogP contribution in [0.1, 0.15) is 40.8 Å². The van der Waals surface area contributed by atoms with Gasteiger partial charge in [-0.15, -0.1) is 5.10 Å². The first-order valence-corrected chi connectivity index (χ1v) is 17.4. The Morgan fingerprint density at radius 2 is 1.80 bits per heavy atom. The van der Waals surface area contributed by atoms with Crippen molar-refractivity contribution in [3.05, 3.63) is 86.3 Å². The molecule has 54 heavy (non-hydrogen) atoms. The maximum atomic E-state index is 14.2. The van der Waals surface area contributed by atoms with Crippen molar-refractivity contribution in [1.82, 2.24) is 29.4 Å². The molecule has 14 nitrogen and oxygen atoms in total. The average Bonchev–Trinajstić information content (AvgIpc) is 3.62. The van der Waals surface area contributed by atoms with Gasteiger partial charge in [-0.2, -0.15) is 22.7 Å². The van der Waals surface area contributed by atoms with E-state index in [1.54, 1.807) is 21.3 Å². The Hall–Kier alpha value is -5.49. The minimum atomic E-state index is -4.62. The van der Waals surface area contributed by atoms with Gasteiger partial charge in [0.15, 0.2) is 5.82 Å². The summed E-state index contributed by atoms with van der Waals surface area (Å²) < 4.78 is 61.5. The molecule has 3 N–H and O–H groups in total. The minimum Gasteiger partial charge on any atom is -0.386 e. The van der Waals surface area contributed by atoms with Crippen LogP contribution in [0.15, 0.2) is 47.3 Å². The summed E-state index contributed by atoms with van der Waals surface area (Å²) in [6.07, 6.45) is -2.03. The molecule has 0 bridgehead atoms. The number of benzene rings is 2. The van der Waals surface area contributed by atoms with Gasteiger partial charge >= 0.3 is 6.18 Å². The number of nitrogens with one attached hydrogen (secondary N) is 3. The van der Waals surface area contributed by atoms with Crippen LogP contribution in [-0.4, -0.2) is 94.8 Å². The van der Waals surface area contributed by atoms with Crippen molar-refractivity contribution >= 4 is 57.7 Å². The molecule has 2 aliphatic rings. The number of carbonyl (C=O) groups excluding carboxylic acids is 3. The quantitative estimate of drug-likeness (QED) is 0.204. The first-order chi connectivity index (χ1) is 25.8. The molecule has 4 aromatic rings. The fourth-order valence-electron chi connectivity index (χ4n) is 6.33. The van der Waals surface area contributed by atoms with Crippen molar-refractivity contribution < 1.29 is 36.7 Å². The molecular formula is C35H36ClF4N9O5. The van der Waals surface area contributed by atoms with Gasteiger partial charge in [0.2, 0.25) is 17.6 Å². The lowest BCUT2D eigenvalue weighted by Gasteiger charge is -2.36. The monoisotopic (exact) mass is 773 g/mol. The highest BCUT2D eigenvalue weighted by Crippen LogP contribution is 2.34. The summed E-state index contributed by atoms with van der Waals surface area (Å²) in [6, 6.07) is 6.41. The number of ether oxygens (including phenoxy) is 1. The van der Waals surface area contributed by atoms with E-state index in [1.807, 2.05) is 6.08 Å². The number of piperazine rings is 1. The van der Waals surface area contributed by atoms with Gasteiger partial charge in [-0.25, -0.2) is 4.39 Å². The third-order valence-corrected chi connectivity index (χ3v) is 9.44. The zero-order chi connectivity index (χ0) is 38.7. The molecule has 4 heterocycles. The number of carbonyl (C=O) groups is 3. The Kier molecular flexibility index (Phi) is 11.2. The largest absolute Gasteiger partial charge is 0.416 e. The van der Waals surface area contributed by atoms with Gasteiger partial charge in [-0.05, 0) is 54.8 Å². The molecule has 1 fully saturated rings. The Morgan fingerprint density at radius 1 is 1.04 bits per heavy atom. The molecule has 2 aromatic heterocycles. The maximum absolute atomic E-state index is 14.2. The molecule has 0 aliphatic carbocycles. The van der Waals surface area contributed by atoms with Gasteiger partial charge in [-0.1, -0.05) is 24.6 Å². The molecule has 0 unspecified atom stereocenters. The van der Waals surface area contributed by atoms with Crippen LogP contribution in [0.5, 0.6) is 0 Å². The molecule has 19 heteroatoms. The fourth-order valence-corrected chi connectivity index (χ4v) is 6.56. The number of rotatable bonds is 10. The van der Waals surface area contributed by atoms with Crippen LogP contribution in [0.3, 0.4) is 0 Å². The zero-order valence-electron chi connectivity index (χ0n) is 29.2. The van der Waals surface area contributed by atoms with Crippen LogP contribution in [0.25, 0.3) is 11.4 Å². The zero-order valence-corrected chi connectivity index (χ0v) is 30.0. The van der Waals surface area contributed by atoms with Crippen molar-refractivity contribution in [2.24, 2.45) is 0 Å². The smallest absolute Gasteiger partial charge is 0.386 e. The first-order valence-electron chi connectivity index (χ1n) is 17.0. The molecule has 0 atom stereocenters. The number of hydrogen-bond donors (Lipinski definition) is 3. The Balaban J connectivity index is 1.24. The van der Waals surface area contributed by atoms with Gasteiger partial charge in [0, 0.05) is 38.8 Å². The van der Waals surface area contributed by atoms with Gasteiger partial charge < -0.3 is 35.1 Å². The fraction of sp³-hybridized carbons (Fsp3) is 0.371. The molecule has 1 saturated heterocycles. The second kappa shape index (κ2) is 15.9. The van der Waals surface area contributed by atoms with Gasteiger partial charge in [-0.3, -0.25) is 19.2 Å². The van der Waals surface area contributed by atoms with Crippen molar-refractivity contribution in [2.75, 3.05) is 68.5 Å². The predicted octanol–water partition coefficient (Wildman–Crippen LogP) is 3.83. The summed E-state index contributed by atoms with van der Waals surface area (Å²) in [4.78, 5) is 61.4. The third kappa shape index (κ3) is 8.03. The van der Waals surface area contributed by atoms with Crippen molar-refractivity contribution in [1.29, 1.82) is 0 Å². The van der Waals surface area contributed by atoms with Crippen LogP contribution < -0.4 is 26.4 Å². The van der Waals surface area contributed by atoms with Gasteiger partial charge in [0.25, 0.3) is 11.5 Å². The summed E-state index contributed by atoms with van der Waals surface area (Å²) in [5, 5.41) is 12.0. The Morgan fingerprint density at radius 3 is 2.44 bits per heavy atom. The van der Waals surface area contributed by atoms with Crippen LogP contribution in [-0.2, 0) is 33.5 Å². The molecule has 3 amide bonds. The molecule has 286 valence electrons. The number of aromatic nitrogens is 4. The average molecular weight is 774 g/mol. The third-order valence-electron chi connectivity index (χ3n) is 9.13. The summed E-state index contributed by atoms with van der Waals surface area (Å²) in [5.41, 5.74) is 0.299. The molecule has 0 radical (unpaired) electrons. The number of halogens is 5. The van der Waals surface area contributed by atoms with Gasteiger partial charge in [0.05, 0.1) is 47.4 Å². The number of nitrogens with zero attached hydrogens (tertiary/aromatic N) is 6. The highest BCUT2D eigenvalue weighted by molar-refractivity contribution is 6.33. The molecule has 0 saturated carbocycles. The highest BCUT2D eigenvalue weighted by atomic mass is 35.5. The molecule has 0 spiro atoms. The molecular weight excluding hydrogens is 738 g/mol. The summed E-state index contributed by atoms with van der Waals surface area (Å²) in [5.74, 6) is -1.69. The number of hydrogen-bond acceptors (Lipinski definition) is 9. The lowest BCUT2D eigenvalue weighted by Crippen LogP contribution is -2.52. The van der Waals surface area contributed by atoms with E-state index < -0.39 is 34.9 Å². The summed E-state index contributed by atoms with van der Waals surface area (Å²) in [6.45, 7) is 2.76. The lowest BCUT2D eigenvalue weighted by atomic mass is 10.1. The van der Waals surface area contributed by atoms with Crippen molar-refractivity contribution in [2.45, 2.75) is 32.5 Å². The summed E-state index contributed by atoms with van der Waals surface area (Å²) in [7, 11) is 1.52. The van der Waals surface area contributed by atoms with Crippen molar-refractivity contribution in [3.8, 4) is 0 Å². The van der Waals surface area contributed by atoms with E-state index >= 15 is 0 Å². The van der Waals surface area contributed by atoms with E-state index in [2.05, 4.69) is 26.0 Å². The van der Waals surface area contributed by atoms with Gasteiger partial charge in [0.1, 0.15) is 18.0 Å². The van der Waals surface area contributed by atoms with E-state index in [4.69, 9.17) is 16.3 Å². The van der Waals surface area contributed by atoms with E-state index in [-0.39, 0.29) is 90.8 Å². The number of alkyl halides is 3. The SMILES string of the molecule is CCc1c(N2CCN(C(=O)CNC(=O)c3ccc(F)c(NC)c3)CC2)c(=O)n2nc(C3=CCOCC3)nc2n1CC(=O)Nc1ccc(C(F)(F)F)cc1Cl. The van der Waals surface area contributed by atoms with Crippen LogP contribution >= 0.6 is 11.6 Å². The van der Waals surface area contributed by atoms with E-state index in [0.717, 1.165) is 34.4 Å². The first kappa shape index (κ1) is 38.2. The van der Waals surface area contributed by atoms with Crippen molar-refractivity contribution in [3.63, 3.8) is 0 Å². The second-order valence-electron chi connectivity index (χ2n) is 12.5. The number of anilines is 3. The molecule has 2 aliphatic heterocycles. The lowest BCUT2D eigenvalue weighted by molar-refractivity contribution is -0.137. The predicted molar refractivity (Wildman–Crippen MR) is 192 cm³/mol. The van der Waals surface area contributed by atoms with Crippen LogP contribution in [0.4, 0.5) is 34.6 Å². The number of amides is 3. The summed E-state index contributed by atoms with van der Waals surface area (Å²) >= 11 is 6.11. The Labute approximate surface area is 310 Å². The molecule has 2 aromatic carbocycles. The van der Waals surface area contributed by atoms with E-state index in [0.29, 0.717) is 25.3 Å². The standard InChI is InChI=1S/C35H36ClF4N9O5/c1-3-27-30(47-12-10-46(11-13-47)29(51)18-42-32(52)21-4-6-24(37)26(16-21)41-2)33(53)49-34(44-31(45-49)20-8-14-54-15-9-20)48(27)19-28(50)43-25-7-5-22(17-23(25)36)35(38,39)40/h4-8,16-17,41H,3,9-15,18-19H2,1-2H3,(H,42,52)(H,43,50). The molecule has 6 rings (SSSR count). The van der Waals surface area contributed by atoms with Crippen LogP contribution in [0.2, 0.25) is 5.02 Å². The van der Waals surface area contributed by atoms with Crippen LogP contribution in [0, 0.1) is 5.82 Å². The minimum absolute atomic E-state index is 0.0307. The number of fused-ring (bicyclic) bond motifs is 1. The second-order valence-corrected chi connectivity index (χ2v) is 12.9. The normalized spacial score (nSPS) is 14.9. The van der Waals surface area contributed by atoms with E-state index in [9.17, 15) is 36.7 Å². The highest BCUT2D eigenvalue weighted by Gasteiger charge is 2.32. The van der Waals surface area contributed by atoms with E-state index in [1.165, 1.54) is 19.2 Å².